The fourth-order valence-electron chi connectivity index (χ4n) is 2.09. The monoisotopic (exact) mass is 291 g/mol. The van der Waals surface area contributed by atoms with E-state index < -0.39 is 0 Å². The Hall–Kier alpha value is -1.65. The summed E-state index contributed by atoms with van der Waals surface area (Å²) in [5.41, 5.74) is 8.81. The summed E-state index contributed by atoms with van der Waals surface area (Å²) in [6.07, 6.45) is 1.01. The maximum atomic E-state index is 12.3. The highest BCUT2D eigenvalue weighted by atomic mass is 35.5. The lowest BCUT2D eigenvalue weighted by atomic mass is 10.0. The minimum atomic E-state index is 0.0288. The number of hydrogen-bond donors (Lipinski definition) is 1. The molecule has 2 N–H and O–H groups in total. The number of nitrogens with two attached hydrogens (primary N) is 1. The van der Waals surface area contributed by atoms with E-state index in [4.69, 9.17) is 17.3 Å². The van der Waals surface area contributed by atoms with Crippen molar-refractivity contribution in [2.24, 2.45) is 12.8 Å². The molecule has 106 valence electrons. The average Bonchev–Trinajstić information content (AvgIpc) is 2.74. The third-order valence-corrected chi connectivity index (χ3v) is 3.78. The maximum Gasteiger partial charge on any atom is 0.168 e. The van der Waals surface area contributed by atoms with E-state index in [1.54, 1.807) is 16.8 Å². The smallest absolute Gasteiger partial charge is 0.168 e. The number of carbonyl (C=O) groups excluding carboxylic acids is 1. The van der Waals surface area contributed by atoms with Crippen LogP contribution in [-0.4, -0.2) is 15.6 Å². The van der Waals surface area contributed by atoms with Crippen LogP contribution in [0.4, 0.5) is 0 Å². The van der Waals surface area contributed by atoms with Gasteiger partial charge in [-0.05, 0) is 12.0 Å². The largest absolute Gasteiger partial charge is 0.326 e. The predicted molar refractivity (Wildman–Crippen MR) is 80.0 cm³/mol. The standard InChI is InChI=1S/C15H18ClN3O/c1-3-12-15(16)13(19(2)18-12)8-14(20)11-6-4-10(9-17)5-7-11/h4-7H,3,8-9,17H2,1-2H3. The number of benzene rings is 1. The molecule has 0 bridgehead atoms. The maximum absolute atomic E-state index is 12.3. The summed E-state index contributed by atoms with van der Waals surface area (Å²) in [5.74, 6) is 0.0288. The number of Topliss-reactive ketones (excluding diaryl/α,β-unsaturated/α-hetero) is 1. The van der Waals surface area contributed by atoms with E-state index in [9.17, 15) is 4.79 Å². The zero-order valence-electron chi connectivity index (χ0n) is 11.7. The number of aromatic nitrogens is 2. The fourth-order valence-corrected chi connectivity index (χ4v) is 2.45. The van der Waals surface area contributed by atoms with E-state index in [2.05, 4.69) is 5.10 Å². The van der Waals surface area contributed by atoms with Crippen LogP contribution in [0.2, 0.25) is 5.02 Å². The molecule has 20 heavy (non-hydrogen) atoms. The SMILES string of the molecule is CCc1nn(C)c(CC(=O)c2ccc(CN)cc2)c1Cl. The zero-order valence-corrected chi connectivity index (χ0v) is 12.4. The summed E-state index contributed by atoms with van der Waals surface area (Å²) in [6.45, 7) is 2.47. The van der Waals surface area contributed by atoms with Gasteiger partial charge in [-0.25, -0.2) is 0 Å². The molecule has 1 aromatic heterocycles. The van der Waals surface area contributed by atoms with Crippen molar-refractivity contribution in [1.29, 1.82) is 0 Å². The van der Waals surface area contributed by atoms with Crippen LogP contribution in [0.3, 0.4) is 0 Å². The van der Waals surface area contributed by atoms with Crippen LogP contribution >= 0.6 is 11.6 Å². The van der Waals surface area contributed by atoms with Gasteiger partial charge in [-0.2, -0.15) is 5.10 Å². The number of hydrogen-bond acceptors (Lipinski definition) is 3. The molecule has 2 rings (SSSR count). The Bertz CT molecular complexity index is 617. The van der Waals surface area contributed by atoms with Crippen LogP contribution in [0.25, 0.3) is 0 Å². The van der Waals surface area contributed by atoms with E-state index in [0.29, 0.717) is 17.1 Å². The van der Waals surface area contributed by atoms with Crippen LogP contribution in [0.15, 0.2) is 24.3 Å². The number of rotatable bonds is 5. The van der Waals surface area contributed by atoms with Crippen molar-refractivity contribution in [2.75, 3.05) is 0 Å². The third kappa shape index (κ3) is 2.92. The Balaban J connectivity index is 2.20. The molecule has 0 saturated carbocycles. The van der Waals surface area contributed by atoms with Crippen LogP contribution in [0.1, 0.15) is 34.2 Å². The van der Waals surface area contributed by atoms with Gasteiger partial charge in [0, 0.05) is 19.2 Å². The molecule has 4 nitrogen and oxygen atoms in total. The first-order chi connectivity index (χ1) is 9.56. The van der Waals surface area contributed by atoms with Gasteiger partial charge >= 0.3 is 0 Å². The first kappa shape index (κ1) is 14.8. The molecule has 0 amide bonds. The van der Waals surface area contributed by atoms with Crippen molar-refractivity contribution in [3.8, 4) is 0 Å². The molecule has 0 radical (unpaired) electrons. The minimum absolute atomic E-state index is 0.0288. The van der Waals surface area contributed by atoms with E-state index in [1.807, 2.05) is 26.1 Å². The minimum Gasteiger partial charge on any atom is -0.326 e. The van der Waals surface area contributed by atoms with Crippen molar-refractivity contribution in [3.05, 3.63) is 51.8 Å². The summed E-state index contributed by atoms with van der Waals surface area (Å²) in [5, 5.41) is 4.92. The number of halogens is 1. The molecule has 0 spiro atoms. The van der Waals surface area contributed by atoms with Crippen LogP contribution in [0.5, 0.6) is 0 Å². The molecular weight excluding hydrogens is 274 g/mol. The fraction of sp³-hybridized carbons (Fsp3) is 0.333. The second kappa shape index (κ2) is 6.20. The molecule has 0 aliphatic rings. The molecule has 0 atom stereocenters. The number of carbonyl (C=O) groups is 1. The molecule has 0 aliphatic carbocycles. The highest BCUT2D eigenvalue weighted by molar-refractivity contribution is 6.32. The van der Waals surface area contributed by atoms with Gasteiger partial charge < -0.3 is 5.73 Å². The molecule has 0 unspecified atom stereocenters. The predicted octanol–water partition coefficient (Wildman–Crippen LogP) is 2.52. The third-order valence-electron chi connectivity index (χ3n) is 3.34. The molecule has 5 heteroatoms. The molecule has 0 aliphatic heterocycles. The quantitative estimate of drug-likeness (QED) is 0.861. The van der Waals surface area contributed by atoms with Crippen molar-refractivity contribution < 1.29 is 4.79 Å². The summed E-state index contributed by atoms with van der Waals surface area (Å²) >= 11 is 6.26. The Labute approximate surface area is 123 Å². The molecular formula is C15H18ClN3O. The van der Waals surface area contributed by atoms with Gasteiger partial charge in [0.2, 0.25) is 0 Å². The Morgan fingerprint density at radius 2 is 2.00 bits per heavy atom. The highest BCUT2D eigenvalue weighted by Crippen LogP contribution is 2.22. The first-order valence-electron chi connectivity index (χ1n) is 6.59. The lowest BCUT2D eigenvalue weighted by Crippen LogP contribution is -2.08. The van der Waals surface area contributed by atoms with Crippen molar-refractivity contribution in [1.82, 2.24) is 9.78 Å². The molecule has 2 aromatic rings. The summed E-state index contributed by atoms with van der Waals surface area (Å²) < 4.78 is 1.69. The zero-order chi connectivity index (χ0) is 14.7. The van der Waals surface area contributed by atoms with Gasteiger partial charge in [0.05, 0.1) is 22.8 Å². The van der Waals surface area contributed by atoms with Gasteiger partial charge in [-0.3, -0.25) is 9.48 Å². The highest BCUT2D eigenvalue weighted by Gasteiger charge is 2.17. The van der Waals surface area contributed by atoms with Crippen molar-refractivity contribution >= 4 is 17.4 Å². The lowest BCUT2D eigenvalue weighted by molar-refractivity contribution is 0.0990. The summed E-state index contributed by atoms with van der Waals surface area (Å²) in [7, 11) is 1.81. The lowest BCUT2D eigenvalue weighted by Gasteiger charge is -2.04. The van der Waals surface area contributed by atoms with E-state index in [0.717, 1.165) is 23.4 Å². The average molecular weight is 292 g/mol. The van der Waals surface area contributed by atoms with Crippen LogP contribution in [-0.2, 0) is 26.4 Å². The summed E-state index contributed by atoms with van der Waals surface area (Å²) in [6, 6.07) is 7.34. The Morgan fingerprint density at radius 1 is 1.35 bits per heavy atom. The van der Waals surface area contributed by atoms with E-state index >= 15 is 0 Å². The van der Waals surface area contributed by atoms with Gasteiger partial charge in [-0.1, -0.05) is 42.8 Å². The topological polar surface area (TPSA) is 60.9 Å². The van der Waals surface area contributed by atoms with Gasteiger partial charge in [-0.15, -0.1) is 0 Å². The number of ketones is 1. The van der Waals surface area contributed by atoms with Crippen molar-refractivity contribution in [2.45, 2.75) is 26.3 Å². The Morgan fingerprint density at radius 3 is 2.50 bits per heavy atom. The first-order valence-corrected chi connectivity index (χ1v) is 6.97. The summed E-state index contributed by atoms with van der Waals surface area (Å²) in [4.78, 5) is 12.3. The normalized spacial score (nSPS) is 10.8. The molecule has 0 fully saturated rings. The Kier molecular flexibility index (Phi) is 4.57. The van der Waals surface area contributed by atoms with Gasteiger partial charge in [0.15, 0.2) is 5.78 Å². The van der Waals surface area contributed by atoms with E-state index in [1.165, 1.54) is 0 Å². The molecule has 0 saturated heterocycles. The number of aryl methyl sites for hydroxylation is 2. The second-order valence-electron chi connectivity index (χ2n) is 4.69. The molecule has 1 aromatic carbocycles. The number of nitrogens with zero attached hydrogens (tertiary/aromatic N) is 2. The van der Waals surface area contributed by atoms with E-state index in [-0.39, 0.29) is 12.2 Å². The van der Waals surface area contributed by atoms with Gasteiger partial charge in [0.1, 0.15) is 0 Å². The molecule has 1 heterocycles. The van der Waals surface area contributed by atoms with Crippen LogP contribution in [0, 0.1) is 0 Å². The van der Waals surface area contributed by atoms with Gasteiger partial charge in [0.25, 0.3) is 0 Å². The van der Waals surface area contributed by atoms with Crippen LogP contribution < -0.4 is 5.73 Å². The van der Waals surface area contributed by atoms with Crippen molar-refractivity contribution in [3.63, 3.8) is 0 Å². The second-order valence-corrected chi connectivity index (χ2v) is 5.06.